The minimum atomic E-state index is -0.274. The van der Waals surface area contributed by atoms with Crippen molar-refractivity contribution in [1.82, 2.24) is 0 Å². The molecule has 3 aromatic carbocycles. The third-order valence-electron chi connectivity index (χ3n) is 5.02. The Labute approximate surface area is 174 Å². The number of benzene rings is 3. The Morgan fingerprint density at radius 2 is 1.69 bits per heavy atom. The molecule has 4 rings (SSSR count). The summed E-state index contributed by atoms with van der Waals surface area (Å²) in [6, 6.07) is 18.5. The maximum absolute atomic E-state index is 12.6. The number of carbonyl (C=O) groups is 1. The van der Waals surface area contributed by atoms with E-state index in [9.17, 15) is 4.79 Å². The largest absolute Gasteiger partial charge is 0.493 e. The number of nitrogens with one attached hydrogen (secondary N) is 2. The maximum atomic E-state index is 12.6. The van der Waals surface area contributed by atoms with Gasteiger partial charge in [0.2, 0.25) is 0 Å². The standard InChI is InChI=1S/C23H22ClN3O2/c1-23(2,13-29-17-7-5-16(25)6-8-17)14-3-10-19-21(11-14)27-22(28)18-9-4-15(24)12-20(18)26-19/h3-12,26H,13,25H2,1-2H3,(H,27,28). The van der Waals surface area contributed by atoms with Gasteiger partial charge in [0.05, 0.1) is 29.2 Å². The molecule has 29 heavy (non-hydrogen) atoms. The first-order valence-electron chi connectivity index (χ1n) is 9.33. The topological polar surface area (TPSA) is 76.4 Å². The van der Waals surface area contributed by atoms with Gasteiger partial charge in [-0.15, -0.1) is 0 Å². The van der Waals surface area contributed by atoms with Crippen molar-refractivity contribution in [3.63, 3.8) is 0 Å². The summed E-state index contributed by atoms with van der Waals surface area (Å²) < 4.78 is 5.96. The van der Waals surface area contributed by atoms with E-state index >= 15 is 0 Å². The van der Waals surface area contributed by atoms with E-state index in [0.717, 1.165) is 22.7 Å². The minimum absolute atomic E-state index is 0.170. The number of ether oxygens (including phenoxy) is 1. The van der Waals surface area contributed by atoms with Crippen molar-refractivity contribution >= 4 is 40.3 Å². The van der Waals surface area contributed by atoms with E-state index < -0.39 is 0 Å². The molecular weight excluding hydrogens is 386 g/mol. The third-order valence-corrected chi connectivity index (χ3v) is 5.26. The molecule has 0 bridgehead atoms. The number of anilines is 4. The summed E-state index contributed by atoms with van der Waals surface area (Å²) >= 11 is 6.09. The molecule has 0 aliphatic carbocycles. The van der Waals surface area contributed by atoms with Crippen LogP contribution in [-0.4, -0.2) is 12.5 Å². The summed E-state index contributed by atoms with van der Waals surface area (Å²) in [6.07, 6.45) is 0. The lowest BCUT2D eigenvalue weighted by molar-refractivity contribution is 0.102. The molecule has 1 heterocycles. The van der Waals surface area contributed by atoms with E-state index in [4.69, 9.17) is 22.1 Å². The Morgan fingerprint density at radius 1 is 0.931 bits per heavy atom. The maximum Gasteiger partial charge on any atom is 0.257 e. The normalized spacial score (nSPS) is 12.9. The molecule has 1 aliphatic heterocycles. The highest BCUT2D eigenvalue weighted by atomic mass is 35.5. The molecule has 0 saturated carbocycles. The van der Waals surface area contributed by atoms with E-state index in [1.165, 1.54) is 0 Å². The highest BCUT2D eigenvalue weighted by Crippen LogP contribution is 2.36. The zero-order valence-electron chi connectivity index (χ0n) is 16.3. The van der Waals surface area contributed by atoms with E-state index in [2.05, 4.69) is 24.5 Å². The average molecular weight is 408 g/mol. The number of amides is 1. The second kappa shape index (κ2) is 7.33. The lowest BCUT2D eigenvalue weighted by Crippen LogP contribution is -2.26. The summed E-state index contributed by atoms with van der Waals surface area (Å²) in [6.45, 7) is 4.69. The van der Waals surface area contributed by atoms with Crippen LogP contribution in [0, 0.1) is 0 Å². The summed E-state index contributed by atoms with van der Waals surface area (Å²) in [4.78, 5) is 12.6. The molecule has 0 saturated heterocycles. The number of halogens is 1. The Hall–Kier alpha value is -3.18. The van der Waals surface area contributed by atoms with Gasteiger partial charge in [0, 0.05) is 16.1 Å². The predicted octanol–water partition coefficient (Wildman–Crippen LogP) is 5.59. The van der Waals surface area contributed by atoms with Crippen LogP contribution >= 0.6 is 11.6 Å². The van der Waals surface area contributed by atoms with Crippen molar-refractivity contribution in [2.45, 2.75) is 19.3 Å². The van der Waals surface area contributed by atoms with Gasteiger partial charge in [-0.05, 0) is 60.2 Å². The number of hydrogen-bond acceptors (Lipinski definition) is 4. The highest BCUT2D eigenvalue weighted by Gasteiger charge is 2.25. The number of carbonyl (C=O) groups excluding carboxylic acids is 1. The van der Waals surface area contributed by atoms with Gasteiger partial charge in [-0.3, -0.25) is 4.79 Å². The molecule has 0 atom stereocenters. The van der Waals surface area contributed by atoms with Crippen molar-refractivity contribution in [3.05, 3.63) is 76.8 Å². The Kier molecular flexibility index (Phi) is 4.84. The second-order valence-corrected chi connectivity index (χ2v) is 8.21. The monoisotopic (exact) mass is 407 g/mol. The minimum Gasteiger partial charge on any atom is -0.493 e. The van der Waals surface area contributed by atoms with Gasteiger partial charge in [-0.2, -0.15) is 0 Å². The SMILES string of the molecule is CC(C)(COc1ccc(N)cc1)c1ccc2c(c1)NC(=O)c1ccc(Cl)cc1N2. The fraction of sp³-hybridized carbons (Fsp3) is 0.174. The lowest BCUT2D eigenvalue weighted by Gasteiger charge is -2.26. The number of nitrogens with two attached hydrogens (primary N) is 1. The smallest absolute Gasteiger partial charge is 0.257 e. The molecule has 0 radical (unpaired) electrons. The first kappa shape index (κ1) is 19.2. The fourth-order valence-electron chi connectivity index (χ4n) is 3.24. The molecule has 0 unspecified atom stereocenters. The molecular formula is C23H22ClN3O2. The summed E-state index contributed by atoms with van der Waals surface area (Å²) in [7, 11) is 0. The van der Waals surface area contributed by atoms with Crippen molar-refractivity contribution in [3.8, 4) is 5.75 Å². The van der Waals surface area contributed by atoms with Crippen LogP contribution in [0.2, 0.25) is 5.02 Å². The predicted molar refractivity (Wildman–Crippen MR) is 119 cm³/mol. The Bertz CT molecular complexity index is 1080. The van der Waals surface area contributed by atoms with Crippen molar-refractivity contribution < 1.29 is 9.53 Å². The van der Waals surface area contributed by atoms with Gasteiger partial charge >= 0.3 is 0 Å². The fourth-order valence-corrected chi connectivity index (χ4v) is 3.41. The zero-order chi connectivity index (χ0) is 20.6. The van der Waals surface area contributed by atoms with Gasteiger partial charge in [0.25, 0.3) is 5.91 Å². The van der Waals surface area contributed by atoms with Gasteiger partial charge < -0.3 is 21.1 Å². The average Bonchev–Trinajstić information content (AvgIpc) is 2.82. The Morgan fingerprint density at radius 3 is 2.45 bits per heavy atom. The highest BCUT2D eigenvalue weighted by molar-refractivity contribution is 6.31. The second-order valence-electron chi connectivity index (χ2n) is 7.77. The van der Waals surface area contributed by atoms with Gasteiger partial charge in [-0.1, -0.05) is 31.5 Å². The van der Waals surface area contributed by atoms with E-state index in [0.29, 0.717) is 28.6 Å². The van der Waals surface area contributed by atoms with Crippen LogP contribution in [0.4, 0.5) is 22.7 Å². The van der Waals surface area contributed by atoms with Crippen LogP contribution < -0.4 is 21.1 Å². The molecule has 1 aliphatic rings. The zero-order valence-corrected chi connectivity index (χ0v) is 17.0. The van der Waals surface area contributed by atoms with Crippen LogP contribution in [0.3, 0.4) is 0 Å². The van der Waals surface area contributed by atoms with Crippen LogP contribution in [0.15, 0.2) is 60.7 Å². The number of rotatable bonds is 4. The molecule has 5 nitrogen and oxygen atoms in total. The number of nitrogen functional groups attached to an aromatic ring is 1. The third kappa shape index (κ3) is 4.00. The van der Waals surface area contributed by atoms with Crippen LogP contribution in [0.25, 0.3) is 0 Å². The van der Waals surface area contributed by atoms with Crippen LogP contribution in [0.1, 0.15) is 29.8 Å². The molecule has 6 heteroatoms. The summed E-state index contributed by atoms with van der Waals surface area (Å²) in [5, 5.41) is 6.87. The van der Waals surface area contributed by atoms with E-state index in [1.807, 2.05) is 42.5 Å². The van der Waals surface area contributed by atoms with Crippen molar-refractivity contribution in [1.29, 1.82) is 0 Å². The molecule has 0 aromatic heterocycles. The lowest BCUT2D eigenvalue weighted by atomic mass is 9.85. The first-order valence-corrected chi connectivity index (χ1v) is 9.70. The number of fused-ring (bicyclic) bond motifs is 2. The molecule has 148 valence electrons. The van der Waals surface area contributed by atoms with Gasteiger partial charge in [0.1, 0.15) is 5.75 Å². The quantitative estimate of drug-likeness (QED) is 0.493. The summed E-state index contributed by atoms with van der Waals surface area (Å²) in [5.41, 5.74) is 9.99. The first-order chi connectivity index (χ1) is 13.8. The van der Waals surface area contributed by atoms with E-state index in [1.54, 1.807) is 18.2 Å². The van der Waals surface area contributed by atoms with Crippen molar-refractivity contribution in [2.24, 2.45) is 0 Å². The number of hydrogen-bond donors (Lipinski definition) is 3. The molecule has 0 spiro atoms. The van der Waals surface area contributed by atoms with E-state index in [-0.39, 0.29) is 11.3 Å². The molecule has 1 amide bonds. The van der Waals surface area contributed by atoms with Crippen LogP contribution in [-0.2, 0) is 5.41 Å². The van der Waals surface area contributed by atoms with Gasteiger partial charge in [0.15, 0.2) is 0 Å². The molecule has 0 fully saturated rings. The van der Waals surface area contributed by atoms with Crippen molar-refractivity contribution in [2.75, 3.05) is 23.0 Å². The Balaban J connectivity index is 1.58. The summed E-state index contributed by atoms with van der Waals surface area (Å²) in [5.74, 6) is 0.598. The molecule has 4 N–H and O–H groups in total. The van der Waals surface area contributed by atoms with Gasteiger partial charge in [-0.25, -0.2) is 0 Å². The molecule has 3 aromatic rings. The van der Waals surface area contributed by atoms with Crippen LogP contribution in [0.5, 0.6) is 5.75 Å².